The number of nitrogens with zero attached hydrogens (tertiary/aromatic N) is 3. The number of rotatable bonds is 3. The van der Waals surface area contributed by atoms with Gasteiger partial charge in [-0.25, -0.2) is 15.0 Å². The van der Waals surface area contributed by atoms with Crippen molar-refractivity contribution in [2.24, 2.45) is 0 Å². The van der Waals surface area contributed by atoms with Gasteiger partial charge in [-0.15, -0.1) is 11.3 Å². The van der Waals surface area contributed by atoms with Crippen LogP contribution in [0.3, 0.4) is 0 Å². The number of aromatic nitrogens is 3. The van der Waals surface area contributed by atoms with Gasteiger partial charge in [-0.2, -0.15) is 0 Å². The molecule has 108 valence electrons. The van der Waals surface area contributed by atoms with Crippen LogP contribution in [-0.4, -0.2) is 22.1 Å². The molecule has 1 N–H and O–H groups in total. The quantitative estimate of drug-likeness (QED) is 0.620. The molecule has 0 radical (unpaired) electrons. The number of para-hydroxylation sites is 2. The molecule has 1 aromatic carbocycles. The Hall–Kier alpha value is -2.73. The first kappa shape index (κ1) is 13.0. The van der Waals surface area contributed by atoms with Crippen molar-refractivity contribution in [2.75, 3.05) is 12.4 Å². The molecule has 0 aliphatic carbocycles. The average molecular weight is 308 g/mol. The third-order valence-electron chi connectivity index (χ3n) is 3.39. The Morgan fingerprint density at radius 1 is 1.05 bits per heavy atom. The van der Waals surface area contributed by atoms with E-state index in [2.05, 4.69) is 20.3 Å². The fourth-order valence-electron chi connectivity index (χ4n) is 2.38. The summed E-state index contributed by atoms with van der Waals surface area (Å²) in [4.78, 5) is 14.1. The number of anilines is 2. The lowest BCUT2D eigenvalue weighted by molar-refractivity contribution is 0.417. The molecule has 0 atom stereocenters. The van der Waals surface area contributed by atoms with E-state index in [1.807, 2.05) is 36.4 Å². The van der Waals surface area contributed by atoms with Crippen LogP contribution in [0.4, 0.5) is 11.5 Å². The fraction of sp³-hybridized carbons (Fsp3) is 0.0625. The zero-order valence-corrected chi connectivity index (χ0v) is 12.6. The predicted octanol–water partition coefficient (Wildman–Crippen LogP) is 3.99. The van der Waals surface area contributed by atoms with E-state index in [-0.39, 0.29) is 0 Å². The van der Waals surface area contributed by atoms with Gasteiger partial charge >= 0.3 is 0 Å². The minimum atomic E-state index is 0.762. The molecule has 3 aromatic heterocycles. The SMILES string of the molecule is COc1ccccc1Nc1ncnc2c1sc1ncccc12. The monoisotopic (exact) mass is 308 g/mol. The number of benzene rings is 1. The molecule has 0 saturated heterocycles. The minimum absolute atomic E-state index is 0.762. The molecule has 3 heterocycles. The molecule has 0 aliphatic rings. The van der Waals surface area contributed by atoms with Gasteiger partial charge in [0.1, 0.15) is 16.9 Å². The van der Waals surface area contributed by atoms with Crippen LogP contribution in [0.5, 0.6) is 5.75 Å². The van der Waals surface area contributed by atoms with Crippen molar-refractivity contribution in [3.8, 4) is 5.75 Å². The van der Waals surface area contributed by atoms with Gasteiger partial charge in [-0.3, -0.25) is 0 Å². The van der Waals surface area contributed by atoms with Crippen LogP contribution in [0, 0.1) is 0 Å². The molecule has 0 aliphatic heterocycles. The smallest absolute Gasteiger partial charge is 0.152 e. The van der Waals surface area contributed by atoms with Crippen molar-refractivity contribution < 1.29 is 4.74 Å². The Labute approximate surface area is 130 Å². The van der Waals surface area contributed by atoms with Gasteiger partial charge in [-0.1, -0.05) is 12.1 Å². The summed E-state index contributed by atoms with van der Waals surface area (Å²) in [5.41, 5.74) is 1.79. The Balaban J connectivity index is 1.88. The van der Waals surface area contributed by atoms with Crippen LogP contribution in [0.2, 0.25) is 0 Å². The van der Waals surface area contributed by atoms with Crippen LogP contribution in [0.1, 0.15) is 0 Å². The molecule has 0 saturated carbocycles. The number of hydrogen-bond acceptors (Lipinski definition) is 6. The normalized spacial score (nSPS) is 11.0. The molecule has 6 heteroatoms. The summed E-state index contributed by atoms with van der Waals surface area (Å²) in [6.07, 6.45) is 3.36. The molecule has 4 rings (SSSR count). The van der Waals surface area contributed by atoms with E-state index in [1.54, 1.807) is 31.0 Å². The zero-order chi connectivity index (χ0) is 14.9. The highest BCUT2D eigenvalue weighted by Gasteiger charge is 2.13. The molecule has 0 spiro atoms. The summed E-state index contributed by atoms with van der Waals surface area (Å²) < 4.78 is 6.36. The molecule has 0 amide bonds. The van der Waals surface area contributed by atoms with Gasteiger partial charge in [0.15, 0.2) is 5.82 Å². The van der Waals surface area contributed by atoms with E-state index in [4.69, 9.17) is 4.74 Å². The van der Waals surface area contributed by atoms with Crippen molar-refractivity contribution >= 4 is 43.3 Å². The second-order valence-corrected chi connectivity index (χ2v) is 5.68. The van der Waals surface area contributed by atoms with E-state index in [0.29, 0.717) is 0 Å². The standard InChI is InChI=1S/C16H12N4OS/c1-21-12-7-3-2-6-11(12)20-15-14-13(18-9-19-15)10-5-4-8-17-16(10)22-14/h2-9H,1H3,(H,18,19,20). The summed E-state index contributed by atoms with van der Waals surface area (Å²) in [5, 5.41) is 4.38. The van der Waals surface area contributed by atoms with E-state index >= 15 is 0 Å². The summed E-state index contributed by atoms with van der Waals surface area (Å²) in [6, 6.07) is 11.7. The Morgan fingerprint density at radius 3 is 2.86 bits per heavy atom. The van der Waals surface area contributed by atoms with Crippen LogP contribution < -0.4 is 10.1 Å². The Morgan fingerprint density at radius 2 is 1.95 bits per heavy atom. The molecule has 0 fully saturated rings. The van der Waals surface area contributed by atoms with Crippen LogP contribution in [0.25, 0.3) is 20.4 Å². The zero-order valence-electron chi connectivity index (χ0n) is 11.8. The maximum Gasteiger partial charge on any atom is 0.152 e. The van der Waals surface area contributed by atoms with Crippen LogP contribution in [0.15, 0.2) is 48.9 Å². The molecule has 4 aromatic rings. The largest absolute Gasteiger partial charge is 0.495 e. The van der Waals surface area contributed by atoms with E-state index in [9.17, 15) is 0 Å². The number of fused-ring (bicyclic) bond motifs is 3. The van der Waals surface area contributed by atoms with Crippen molar-refractivity contribution in [3.05, 3.63) is 48.9 Å². The summed E-state index contributed by atoms with van der Waals surface area (Å²) in [6.45, 7) is 0. The van der Waals surface area contributed by atoms with Crippen molar-refractivity contribution in [3.63, 3.8) is 0 Å². The second kappa shape index (κ2) is 5.23. The summed E-state index contributed by atoms with van der Waals surface area (Å²) in [5.74, 6) is 1.53. The molecular weight excluding hydrogens is 296 g/mol. The summed E-state index contributed by atoms with van der Waals surface area (Å²) >= 11 is 1.58. The number of ether oxygens (including phenoxy) is 1. The average Bonchev–Trinajstić information content (AvgIpc) is 2.95. The highest BCUT2D eigenvalue weighted by Crippen LogP contribution is 2.36. The maximum absolute atomic E-state index is 5.37. The lowest BCUT2D eigenvalue weighted by Gasteiger charge is -2.10. The minimum Gasteiger partial charge on any atom is -0.495 e. The first-order chi connectivity index (χ1) is 10.9. The van der Waals surface area contributed by atoms with Crippen LogP contribution in [-0.2, 0) is 0 Å². The van der Waals surface area contributed by atoms with E-state index < -0.39 is 0 Å². The van der Waals surface area contributed by atoms with Crippen molar-refractivity contribution in [1.29, 1.82) is 0 Å². The second-order valence-electron chi connectivity index (χ2n) is 4.68. The number of pyridine rings is 1. The molecular formula is C16H12N4OS. The number of thiophene rings is 1. The van der Waals surface area contributed by atoms with Gasteiger partial charge < -0.3 is 10.1 Å². The van der Waals surface area contributed by atoms with E-state index in [0.717, 1.165) is 37.7 Å². The maximum atomic E-state index is 5.37. The Bertz CT molecular complexity index is 967. The lowest BCUT2D eigenvalue weighted by Crippen LogP contribution is -1.97. The third-order valence-corrected chi connectivity index (χ3v) is 4.50. The van der Waals surface area contributed by atoms with Gasteiger partial charge in [0.05, 0.1) is 23.0 Å². The molecule has 5 nitrogen and oxygen atoms in total. The van der Waals surface area contributed by atoms with Gasteiger partial charge in [0, 0.05) is 11.6 Å². The predicted molar refractivity (Wildman–Crippen MR) is 89.0 cm³/mol. The molecule has 0 bridgehead atoms. The lowest BCUT2D eigenvalue weighted by atomic mass is 10.2. The number of methoxy groups -OCH3 is 1. The first-order valence-electron chi connectivity index (χ1n) is 6.75. The third kappa shape index (κ3) is 2.05. The van der Waals surface area contributed by atoms with Gasteiger partial charge in [-0.05, 0) is 24.3 Å². The first-order valence-corrected chi connectivity index (χ1v) is 7.57. The van der Waals surface area contributed by atoms with Gasteiger partial charge in [0.2, 0.25) is 0 Å². The highest BCUT2D eigenvalue weighted by atomic mass is 32.1. The van der Waals surface area contributed by atoms with Crippen LogP contribution >= 0.6 is 11.3 Å². The fourth-order valence-corrected chi connectivity index (χ4v) is 3.42. The Kier molecular flexibility index (Phi) is 3.08. The highest BCUT2D eigenvalue weighted by molar-refractivity contribution is 7.25. The molecule has 0 unspecified atom stereocenters. The van der Waals surface area contributed by atoms with Gasteiger partial charge in [0.25, 0.3) is 0 Å². The summed E-state index contributed by atoms with van der Waals surface area (Å²) in [7, 11) is 1.65. The number of hydrogen-bond donors (Lipinski definition) is 1. The van der Waals surface area contributed by atoms with E-state index in [1.165, 1.54) is 0 Å². The number of nitrogens with one attached hydrogen (secondary N) is 1. The van der Waals surface area contributed by atoms with Crippen molar-refractivity contribution in [2.45, 2.75) is 0 Å². The molecule has 22 heavy (non-hydrogen) atoms. The van der Waals surface area contributed by atoms with Crippen molar-refractivity contribution in [1.82, 2.24) is 15.0 Å². The topological polar surface area (TPSA) is 59.9 Å².